The van der Waals surface area contributed by atoms with Crippen molar-refractivity contribution in [3.05, 3.63) is 46.2 Å². The standard InChI is InChI=1S/C17H22BrN3/c1-12(2)9-19-10-14-11-20-21(17(14)13-7-8-13)16-6-4-3-5-15(16)18/h3-6,11-13,19H,7-10H2,1-2H3. The van der Waals surface area contributed by atoms with Crippen molar-refractivity contribution >= 4 is 15.9 Å². The number of benzene rings is 1. The maximum absolute atomic E-state index is 4.65. The van der Waals surface area contributed by atoms with Crippen molar-refractivity contribution in [2.45, 2.75) is 39.2 Å². The third-order valence-corrected chi connectivity index (χ3v) is 4.47. The number of hydrogen-bond acceptors (Lipinski definition) is 2. The molecule has 0 aliphatic heterocycles. The van der Waals surface area contributed by atoms with E-state index in [0.717, 1.165) is 23.2 Å². The fourth-order valence-electron chi connectivity index (χ4n) is 2.63. The van der Waals surface area contributed by atoms with Gasteiger partial charge in [0.2, 0.25) is 0 Å². The lowest BCUT2D eigenvalue weighted by atomic mass is 10.1. The van der Waals surface area contributed by atoms with Crippen LogP contribution in [0.15, 0.2) is 34.9 Å². The lowest BCUT2D eigenvalue weighted by Crippen LogP contribution is -2.19. The molecule has 1 aromatic carbocycles. The van der Waals surface area contributed by atoms with Crippen LogP contribution in [0.1, 0.15) is 43.9 Å². The molecule has 1 aliphatic rings. The van der Waals surface area contributed by atoms with Crippen molar-refractivity contribution in [1.29, 1.82) is 0 Å². The summed E-state index contributed by atoms with van der Waals surface area (Å²) in [6, 6.07) is 8.30. The highest BCUT2D eigenvalue weighted by Gasteiger charge is 2.30. The van der Waals surface area contributed by atoms with Gasteiger partial charge >= 0.3 is 0 Å². The first kappa shape index (κ1) is 14.8. The maximum atomic E-state index is 4.65. The molecule has 1 saturated carbocycles. The molecule has 1 aliphatic carbocycles. The van der Waals surface area contributed by atoms with Gasteiger partial charge < -0.3 is 5.32 Å². The Bertz CT molecular complexity index is 614. The molecule has 21 heavy (non-hydrogen) atoms. The van der Waals surface area contributed by atoms with Gasteiger partial charge in [-0.25, -0.2) is 4.68 Å². The zero-order valence-corrected chi connectivity index (χ0v) is 14.2. The third-order valence-electron chi connectivity index (χ3n) is 3.80. The average molecular weight is 348 g/mol. The lowest BCUT2D eigenvalue weighted by molar-refractivity contribution is 0.550. The third kappa shape index (κ3) is 3.38. The minimum absolute atomic E-state index is 0.674. The lowest BCUT2D eigenvalue weighted by Gasteiger charge is -2.11. The van der Waals surface area contributed by atoms with E-state index < -0.39 is 0 Å². The van der Waals surface area contributed by atoms with E-state index in [1.165, 1.54) is 24.1 Å². The summed E-state index contributed by atoms with van der Waals surface area (Å²) in [5.41, 5.74) is 3.86. The van der Waals surface area contributed by atoms with Crippen LogP contribution < -0.4 is 5.32 Å². The first-order chi connectivity index (χ1) is 10.2. The zero-order chi connectivity index (χ0) is 14.8. The van der Waals surface area contributed by atoms with Crippen LogP contribution in [0.2, 0.25) is 0 Å². The molecular weight excluding hydrogens is 326 g/mol. The summed E-state index contributed by atoms with van der Waals surface area (Å²) in [6.07, 6.45) is 4.60. The topological polar surface area (TPSA) is 29.9 Å². The second-order valence-electron chi connectivity index (χ2n) is 6.22. The molecule has 3 rings (SSSR count). The first-order valence-corrected chi connectivity index (χ1v) is 8.48. The predicted molar refractivity (Wildman–Crippen MR) is 89.8 cm³/mol. The van der Waals surface area contributed by atoms with Gasteiger partial charge in [-0.2, -0.15) is 5.10 Å². The maximum Gasteiger partial charge on any atom is 0.0790 e. The summed E-state index contributed by atoms with van der Waals surface area (Å²) in [5, 5.41) is 8.19. The Morgan fingerprint density at radius 3 is 2.76 bits per heavy atom. The molecule has 2 aromatic rings. The summed E-state index contributed by atoms with van der Waals surface area (Å²) in [6.45, 7) is 6.43. The van der Waals surface area contributed by atoms with Gasteiger partial charge in [-0.15, -0.1) is 0 Å². The predicted octanol–water partition coefficient (Wildman–Crippen LogP) is 4.26. The Morgan fingerprint density at radius 1 is 1.33 bits per heavy atom. The highest BCUT2D eigenvalue weighted by Crippen LogP contribution is 2.43. The van der Waals surface area contributed by atoms with E-state index >= 15 is 0 Å². The highest BCUT2D eigenvalue weighted by atomic mass is 79.9. The van der Waals surface area contributed by atoms with Gasteiger partial charge in [0, 0.05) is 22.5 Å². The quantitative estimate of drug-likeness (QED) is 0.845. The molecule has 1 heterocycles. The van der Waals surface area contributed by atoms with Crippen LogP contribution >= 0.6 is 15.9 Å². The second-order valence-corrected chi connectivity index (χ2v) is 7.07. The van der Waals surface area contributed by atoms with Gasteiger partial charge in [-0.1, -0.05) is 26.0 Å². The number of nitrogens with one attached hydrogen (secondary N) is 1. The van der Waals surface area contributed by atoms with Gasteiger partial charge in [0.25, 0.3) is 0 Å². The van der Waals surface area contributed by atoms with E-state index in [1.54, 1.807) is 0 Å². The zero-order valence-electron chi connectivity index (χ0n) is 12.6. The number of nitrogens with zero attached hydrogens (tertiary/aromatic N) is 2. The number of halogens is 1. The van der Waals surface area contributed by atoms with Gasteiger partial charge in [-0.05, 0) is 53.4 Å². The van der Waals surface area contributed by atoms with Gasteiger partial charge in [0.15, 0.2) is 0 Å². The monoisotopic (exact) mass is 347 g/mol. The van der Waals surface area contributed by atoms with E-state index in [0.29, 0.717) is 11.8 Å². The summed E-state index contributed by atoms with van der Waals surface area (Å²) in [4.78, 5) is 0. The van der Waals surface area contributed by atoms with Crippen LogP contribution in [0.4, 0.5) is 0 Å². The van der Waals surface area contributed by atoms with Gasteiger partial charge in [0.1, 0.15) is 0 Å². The largest absolute Gasteiger partial charge is 0.312 e. The molecule has 3 nitrogen and oxygen atoms in total. The van der Waals surface area contributed by atoms with Gasteiger partial charge in [0.05, 0.1) is 17.6 Å². The summed E-state index contributed by atoms with van der Waals surface area (Å²) >= 11 is 3.64. The average Bonchev–Trinajstić information content (AvgIpc) is 3.20. The summed E-state index contributed by atoms with van der Waals surface area (Å²) < 4.78 is 3.21. The Kier molecular flexibility index (Phi) is 4.45. The van der Waals surface area contributed by atoms with E-state index in [1.807, 2.05) is 12.3 Å². The molecule has 0 spiro atoms. The van der Waals surface area contributed by atoms with Crippen LogP contribution in [0, 0.1) is 5.92 Å². The Balaban J connectivity index is 1.88. The molecule has 0 radical (unpaired) electrons. The van der Waals surface area contributed by atoms with Crippen molar-refractivity contribution in [2.24, 2.45) is 5.92 Å². The molecule has 0 bridgehead atoms. The normalized spacial score (nSPS) is 14.9. The number of aromatic nitrogens is 2. The van der Waals surface area contributed by atoms with Crippen molar-refractivity contribution in [3.63, 3.8) is 0 Å². The smallest absolute Gasteiger partial charge is 0.0790 e. The molecule has 0 atom stereocenters. The number of rotatable bonds is 6. The fraction of sp³-hybridized carbons (Fsp3) is 0.471. The van der Waals surface area contributed by atoms with E-state index in [4.69, 9.17) is 0 Å². The Hall–Kier alpha value is -1.13. The van der Waals surface area contributed by atoms with Crippen molar-refractivity contribution in [2.75, 3.05) is 6.54 Å². The van der Waals surface area contributed by atoms with E-state index in [9.17, 15) is 0 Å². The molecule has 1 fully saturated rings. The van der Waals surface area contributed by atoms with Crippen molar-refractivity contribution in [1.82, 2.24) is 15.1 Å². The van der Waals surface area contributed by atoms with Crippen LogP contribution in [-0.4, -0.2) is 16.3 Å². The molecule has 0 saturated heterocycles. The Labute approximate surface area is 134 Å². The minimum Gasteiger partial charge on any atom is -0.312 e. The molecule has 1 aromatic heterocycles. The fourth-order valence-corrected chi connectivity index (χ4v) is 3.08. The van der Waals surface area contributed by atoms with Crippen LogP contribution in [0.5, 0.6) is 0 Å². The molecule has 0 unspecified atom stereocenters. The summed E-state index contributed by atoms with van der Waals surface area (Å²) in [7, 11) is 0. The van der Waals surface area contributed by atoms with Crippen molar-refractivity contribution in [3.8, 4) is 5.69 Å². The molecule has 112 valence electrons. The van der Waals surface area contributed by atoms with Crippen LogP contribution in [0.3, 0.4) is 0 Å². The second kappa shape index (κ2) is 6.32. The number of para-hydroxylation sites is 1. The SMILES string of the molecule is CC(C)CNCc1cnn(-c2ccccc2Br)c1C1CC1. The van der Waals surface area contributed by atoms with Gasteiger partial charge in [-0.3, -0.25) is 0 Å². The Morgan fingerprint density at radius 2 is 2.10 bits per heavy atom. The first-order valence-electron chi connectivity index (χ1n) is 7.69. The molecular formula is C17H22BrN3. The number of hydrogen-bond donors (Lipinski definition) is 1. The van der Waals surface area contributed by atoms with Crippen LogP contribution in [-0.2, 0) is 6.54 Å². The van der Waals surface area contributed by atoms with E-state index in [2.05, 4.69) is 63.1 Å². The molecule has 1 N–H and O–H groups in total. The molecule has 0 amide bonds. The summed E-state index contributed by atoms with van der Waals surface area (Å²) in [5.74, 6) is 1.35. The minimum atomic E-state index is 0.674. The van der Waals surface area contributed by atoms with Crippen molar-refractivity contribution < 1.29 is 0 Å². The molecule has 4 heteroatoms. The highest BCUT2D eigenvalue weighted by molar-refractivity contribution is 9.10. The van der Waals surface area contributed by atoms with E-state index in [-0.39, 0.29) is 0 Å². The van der Waals surface area contributed by atoms with Crippen LogP contribution in [0.25, 0.3) is 5.69 Å².